The maximum absolute atomic E-state index is 14.5. The summed E-state index contributed by atoms with van der Waals surface area (Å²) in [4.78, 5) is 10.3. The second-order valence-electron chi connectivity index (χ2n) is 9.65. The first-order valence-corrected chi connectivity index (χ1v) is 12.5. The molecule has 0 radical (unpaired) electrons. The number of methoxy groups -OCH3 is 1. The van der Waals surface area contributed by atoms with Crippen LogP contribution in [0.15, 0.2) is 18.2 Å². The molecule has 0 aromatic heterocycles. The molecule has 0 amide bonds. The second kappa shape index (κ2) is 11.0. The van der Waals surface area contributed by atoms with Crippen LogP contribution >= 0.6 is 0 Å². The molecule has 2 heterocycles. The Kier molecular flexibility index (Phi) is 8.07. The lowest BCUT2D eigenvalue weighted by Crippen LogP contribution is -2.59. The van der Waals surface area contributed by atoms with Crippen molar-refractivity contribution in [2.24, 2.45) is 0 Å². The van der Waals surface area contributed by atoms with Crippen LogP contribution in [0.4, 0.5) is 10.1 Å². The highest BCUT2D eigenvalue weighted by Crippen LogP contribution is 2.29. The van der Waals surface area contributed by atoms with E-state index >= 15 is 0 Å². The highest BCUT2D eigenvalue weighted by molar-refractivity contribution is 5.50. The van der Waals surface area contributed by atoms with E-state index in [2.05, 4.69) is 26.5 Å². The average Bonchev–Trinajstić information content (AvgIpc) is 3.20. The van der Waals surface area contributed by atoms with E-state index in [1.807, 2.05) is 6.07 Å². The van der Waals surface area contributed by atoms with Crippen molar-refractivity contribution in [2.75, 3.05) is 51.7 Å². The third-order valence-electron chi connectivity index (χ3n) is 7.57. The van der Waals surface area contributed by atoms with Gasteiger partial charge in [-0.05, 0) is 50.9 Å². The fourth-order valence-corrected chi connectivity index (χ4v) is 5.83. The number of halogens is 1. The minimum absolute atomic E-state index is 0.275. The van der Waals surface area contributed by atoms with Gasteiger partial charge in [-0.3, -0.25) is 14.7 Å². The van der Waals surface area contributed by atoms with E-state index in [4.69, 9.17) is 4.74 Å². The molecule has 2 aliphatic heterocycles. The third-order valence-corrected chi connectivity index (χ3v) is 7.57. The summed E-state index contributed by atoms with van der Waals surface area (Å²) >= 11 is 0. The van der Waals surface area contributed by atoms with Gasteiger partial charge in [-0.1, -0.05) is 39.0 Å². The Labute approximate surface area is 188 Å². The van der Waals surface area contributed by atoms with Crippen molar-refractivity contribution in [3.8, 4) is 5.75 Å². The monoisotopic (exact) mass is 432 g/mol. The Morgan fingerprint density at radius 3 is 2.45 bits per heavy atom. The largest absolute Gasteiger partial charge is 0.494 e. The number of rotatable bonds is 6. The number of ether oxygens (including phenoxy) is 1. The minimum Gasteiger partial charge on any atom is -0.494 e. The maximum Gasteiger partial charge on any atom is 0.167 e. The molecule has 3 aliphatic rings. The van der Waals surface area contributed by atoms with E-state index < -0.39 is 0 Å². The Hall–Kier alpha value is -1.37. The van der Waals surface area contributed by atoms with E-state index in [9.17, 15) is 4.39 Å². The summed E-state index contributed by atoms with van der Waals surface area (Å²) < 4.78 is 19.6. The molecular formula is C25H41FN4O. The molecule has 174 valence electrons. The zero-order valence-corrected chi connectivity index (χ0v) is 19.6. The normalized spacial score (nSPS) is 25.5. The topological polar surface area (TPSA) is 22.2 Å². The van der Waals surface area contributed by atoms with E-state index in [0.717, 1.165) is 38.8 Å². The van der Waals surface area contributed by atoms with Gasteiger partial charge in [0, 0.05) is 30.4 Å². The zero-order valence-electron chi connectivity index (χ0n) is 19.6. The molecule has 31 heavy (non-hydrogen) atoms. The predicted molar refractivity (Wildman–Crippen MR) is 125 cm³/mol. The highest BCUT2D eigenvalue weighted by Gasteiger charge is 2.32. The van der Waals surface area contributed by atoms with E-state index in [0.29, 0.717) is 17.8 Å². The van der Waals surface area contributed by atoms with E-state index in [1.165, 1.54) is 71.4 Å². The predicted octanol–water partition coefficient (Wildman–Crippen LogP) is 4.73. The van der Waals surface area contributed by atoms with Crippen molar-refractivity contribution in [3.05, 3.63) is 24.0 Å². The van der Waals surface area contributed by atoms with Gasteiger partial charge < -0.3 is 9.64 Å². The van der Waals surface area contributed by atoms with Crippen molar-refractivity contribution >= 4 is 5.69 Å². The van der Waals surface area contributed by atoms with E-state index in [1.54, 1.807) is 12.1 Å². The number of anilines is 1. The summed E-state index contributed by atoms with van der Waals surface area (Å²) in [6, 6.07) is 6.71. The summed E-state index contributed by atoms with van der Waals surface area (Å²) in [5.41, 5.74) is 0.956. The van der Waals surface area contributed by atoms with Gasteiger partial charge in [0.25, 0.3) is 0 Å². The molecule has 1 saturated carbocycles. The van der Waals surface area contributed by atoms with Crippen LogP contribution in [0.5, 0.6) is 5.75 Å². The molecule has 0 bridgehead atoms. The number of hydrogen-bond donors (Lipinski definition) is 0. The summed E-state index contributed by atoms with van der Waals surface area (Å²) in [6.07, 6.45) is 12.0. The van der Waals surface area contributed by atoms with Crippen molar-refractivity contribution in [1.29, 1.82) is 0 Å². The standard InChI is InChI=1S/C25H41FN4O/c1-3-28-15-9-12-23(28)17-27-18-29(21-10-7-5-4-6-8-11-21)20-30(19-27)22-13-14-25(31-2)24(26)16-22/h13-14,16,21,23H,3-12,15,17-20H2,1-2H3. The minimum atomic E-state index is -0.275. The SMILES string of the molecule is CCN1CCCC1CN1CN(c2ccc(OC)c(F)c2)CN(C2CCCCCCC2)C1. The lowest BCUT2D eigenvalue weighted by atomic mass is 9.96. The van der Waals surface area contributed by atoms with E-state index in [-0.39, 0.29) is 5.82 Å². The van der Waals surface area contributed by atoms with Gasteiger partial charge in [-0.15, -0.1) is 0 Å². The molecule has 2 saturated heterocycles. The molecule has 3 fully saturated rings. The van der Waals surface area contributed by atoms with Crippen molar-refractivity contribution in [3.63, 3.8) is 0 Å². The Morgan fingerprint density at radius 2 is 1.74 bits per heavy atom. The van der Waals surface area contributed by atoms with Crippen LogP contribution in [-0.2, 0) is 0 Å². The molecular weight excluding hydrogens is 391 g/mol. The van der Waals surface area contributed by atoms with Crippen LogP contribution in [0.25, 0.3) is 0 Å². The molecule has 1 atom stereocenters. The summed E-state index contributed by atoms with van der Waals surface area (Å²) in [5.74, 6) is 0.0432. The molecule has 1 unspecified atom stereocenters. The zero-order chi connectivity index (χ0) is 21.6. The van der Waals surface area contributed by atoms with Crippen molar-refractivity contribution in [2.45, 2.75) is 76.8 Å². The van der Waals surface area contributed by atoms with Gasteiger partial charge in [0.05, 0.1) is 27.1 Å². The second-order valence-corrected chi connectivity index (χ2v) is 9.65. The molecule has 4 rings (SSSR count). The van der Waals surface area contributed by atoms with Gasteiger partial charge >= 0.3 is 0 Å². The van der Waals surface area contributed by atoms with Crippen molar-refractivity contribution < 1.29 is 9.13 Å². The average molecular weight is 433 g/mol. The Morgan fingerprint density at radius 1 is 0.968 bits per heavy atom. The van der Waals surface area contributed by atoms with Crippen LogP contribution < -0.4 is 9.64 Å². The first-order chi connectivity index (χ1) is 15.2. The molecule has 1 aliphatic carbocycles. The van der Waals surface area contributed by atoms with Gasteiger partial charge in [-0.25, -0.2) is 4.39 Å². The van der Waals surface area contributed by atoms with Crippen LogP contribution in [0.1, 0.15) is 64.7 Å². The van der Waals surface area contributed by atoms with Crippen LogP contribution in [0.2, 0.25) is 0 Å². The van der Waals surface area contributed by atoms with Crippen LogP contribution in [0.3, 0.4) is 0 Å². The maximum atomic E-state index is 14.5. The molecule has 0 N–H and O–H groups in total. The quantitative estimate of drug-likeness (QED) is 0.646. The Bertz CT molecular complexity index is 694. The number of likely N-dealkylation sites (N-methyl/N-ethyl adjacent to an activating group) is 1. The van der Waals surface area contributed by atoms with Crippen molar-refractivity contribution in [1.82, 2.24) is 14.7 Å². The first kappa shape index (κ1) is 22.8. The van der Waals surface area contributed by atoms with Gasteiger partial charge in [-0.2, -0.15) is 0 Å². The van der Waals surface area contributed by atoms with Gasteiger partial charge in [0.1, 0.15) is 0 Å². The third kappa shape index (κ3) is 5.71. The summed E-state index contributed by atoms with van der Waals surface area (Å²) in [6.45, 7) is 8.53. The summed E-state index contributed by atoms with van der Waals surface area (Å²) in [5, 5.41) is 0. The first-order valence-electron chi connectivity index (χ1n) is 12.5. The van der Waals surface area contributed by atoms with Gasteiger partial charge in [0.15, 0.2) is 11.6 Å². The number of likely N-dealkylation sites (tertiary alicyclic amines) is 1. The number of nitrogens with zero attached hydrogens (tertiary/aromatic N) is 4. The molecule has 5 nitrogen and oxygen atoms in total. The lowest BCUT2D eigenvalue weighted by molar-refractivity contribution is 0.0305. The molecule has 6 heteroatoms. The summed E-state index contributed by atoms with van der Waals surface area (Å²) in [7, 11) is 1.53. The molecule has 0 spiro atoms. The number of hydrogen-bond acceptors (Lipinski definition) is 5. The smallest absolute Gasteiger partial charge is 0.167 e. The number of benzene rings is 1. The fourth-order valence-electron chi connectivity index (χ4n) is 5.83. The molecule has 1 aromatic rings. The van der Waals surface area contributed by atoms with Gasteiger partial charge in [0.2, 0.25) is 0 Å². The lowest BCUT2D eigenvalue weighted by Gasteiger charge is -2.47. The highest BCUT2D eigenvalue weighted by atomic mass is 19.1. The van der Waals surface area contributed by atoms with Crippen LogP contribution in [0, 0.1) is 5.82 Å². The molecule has 1 aromatic carbocycles. The Balaban J connectivity index is 1.51. The van der Waals surface area contributed by atoms with Crippen LogP contribution in [-0.4, -0.2) is 73.5 Å². The fraction of sp³-hybridized carbons (Fsp3) is 0.760.